The second kappa shape index (κ2) is 2.94. The van der Waals surface area contributed by atoms with E-state index in [4.69, 9.17) is 9.84 Å². The lowest BCUT2D eigenvalue weighted by Crippen LogP contribution is -2.57. The van der Waals surface area contributed by atoms with E-state index < -0.39 is 23.3 Å². The van der Waals surface area contributed by atoms with Crippen molar-refractivity contribution in [3.8, 4) is 0 Å². The van der Waals surface area contributed by atoms with Crippen molar-refractivity contribution < 1.29 is 24.9 Å². The van der Waals surface area contributed by atoms with Crippen molar-refractivity contribution in [3.63, 3.8) is 0 Å². The molecule has 5 heteroatoms. The van der Waals surface area contributed by atoms with E-state index in [0.29, 0.717) is 0 Å². The third-order valence-electron chi connectivity index (χ3n) is 2.67. The molecule has 76 valence electrons. The van der Waals surface area contributed by atoms with E-state index in [1.165, 1.54) is 0 Å². The highest BCUT2D eigenvalue weighted by Gasteiger charge is 2.56. The first kappa shape index (κ1) is 10.4. The first-order chi connectivity index (χ1) is 5.81. The van der Waals surface area contributed by atoms with Crippen molar-refractivity contribution in [2.45, 2.75) is 37.6 Å². The Labute approximate surface area is 75.9 Å². The maximum Gasteiger partial charge on any atom is 0.335 e. The highest BCUT2D eigenvalue weighted by molar-refractivity contribution is 5.74. The predicted octanol–water partition coefficient (Wildman–Crippen LogP) is -0.638. The monoisotopic (exact) mass is 190 g/mol. The van der Waals surface area contributed by atoms with Crippen LogP contribution in [0.1, 0.15) is 20.3 Å². The highest BCUT2D eigenvalue weighted by atomic mass is 16.5. The lowest BCUT2D eigenvalue weighted by molar-refractivity contribution is -0.184. The van der Waals surface area contributed by atoms with Gasteiger partial charge < -0.3 is 20.1 Å². The minimum absolute atomic E-state index is 0.132. The average molecular weight is 190 g/mol. The lowest BCUT2D eigenvalue weighted by atomic mass is 9.81. The van der Waals surface area contributed by atoms with Gasteiger partial charge in [-0.2, -0.15) is 0 Å². The van der Waals surface area contributed by atoms with E-state index in [9.17, 15) is 15.0 Å². The van der Waals surface area contributed by atoms with Gasteiger partial charge in [-0.05, 0) is 13.8 Å². The Morgan fingerprint density at radius 1 is 1.54 bits per heavy atom. The van der Waals surface area contributed by atoms with Gasteiger partial charge in [0.25, 0.3) is 0 Å². The number of rotatable bonds is 2. The van der Waals surface area contributed by atoms with Crippen molar-refractivity contribution in [1.29, 1.82) is 0 Å². The van der Waals surface area contributed by atoms with Crippen LogP contribution in [-0.4, -0.2) is 45.2 Å². The molecular weight excluding hydrogens is 176 g/mol. The summed E-state index contributed by atoms with van der Waals surface area (Å²) in [5.74, 6) is -1.43. The maximum absolute atomic E-state index is 10.5. The molecule has 0 saturated carbocycles. The van der Waals surface area contributed by atoms with Gasteiger partial charge in [0.05, 0.1) is 12.2 Å². The molecule has 3 N–H and O–H groups in total. The van der Waals surface area contributed by atoms with Gasteiger partial charge in [0.1, 0.15) is 5.60 Å². The van der Waals surface area contributed by atoms with Crippen LogP contribution >= 0.6 is 0 Å². The van der Waals surface area contributed by atoms with Crippen LogP contribution in [0.25, 0.3) is 0 Å². The summed E-state index contributed by atoms with van der Waals surface area (Å²) in [6, 6.07) is 0. The Morgan fingerprint density at radius 2 is 2.08 bits per heavy atom. The number of aliphatic hydroxyl groups excluding tert-OH is 1. The zero-order chi connectivity index (χ0) is 10.3. The standard InChI is InChI=1S/C8H14O5/c1-7(2)8(12,3-4-13-7)5(9)6(10)11/h5,9,12H,3-4H2,1-2H3,(H,10,11). The molecular formula is C8H14O5. The van der Waals surface area contributed by atoms with E-state index >= 15 is 0 Å². The molecule has 1 rings (SSSR count). The Balaban J connectivity index is 2.93. The molecule has 13 heavy (non-hydrogen) atoms. The zero-order valence-corrected chi connectivity index (χ0v) is 7.65. The van der Waals surface area contributed by atoms with Crippen LogP contribution in [0.4, 0.5) is 0 Å². The summed E-state index contributed by atoms with van der Waals surface area (Å²) in [6.45, 7) is 3.38. The molecule has 0 aromatic heterocycles. The Morgan fingerprint density at radius 3 is 2.38 bits per heavy atom. The molecule has 0 spiro atoms. The fourth-order valence-corrected chi connectivity index (χ4v) is 1.56. The predicted molar refractivity (Wildman–Crippen MR) is 43.2 cm³/mol. The van der Waals surface area contributed by atoms with Crippen LogP contribution in [0.15, 0.2) is 0 Å². The van der Waals surface area contributed by atoms with Crippen LogP contribution in [0.2, 0.25) is 0 Å². The van der Waals surface area contributed by atoms with Gasteiger partial charge >= 0.3 is 5.97 Å². The number of hydrogen-bond donors (Lipinski definition) is 3. The lowest BCUT2D eigenvalue weighted by Gasteiger charge is -2.36. The third-order valence-corrected chi connectivity index (χ3v) is 2.67. The second-order valence-electron chi connectivity index (χ2n) is 3.77. The zero-order valence-electron chi connectivity index (χ0n) is 7.65. The molecule has 1 fully saturated rings. The fourth-order valence-electron chi connectivity index (χ4n) is 1.56. The van der Waals surface area contributed by atoms with Crippen molar-refractivity contribution >= 4 is 5.97 Å². The molecule has 0 aromatic rings. The van der Waals surface area contributed by atoms with Gasteiger partial charge in [0, 0.05) is 6.42 Å². The molecule has 0 amide bonds. The number of aliphatic hydroxyl groups is 2. The van der Waals surface area contributed by atoms with Gasteiger partial charge in [0.2, 0.25) is 0 Å². The Hall–Kier alpha value is -0.650. The summed E-state index contributed by atoms with van der Waals surface area (Å²) in [4.78, 5) is 10.5. The van der Waals surface area contributed by atoms with Gasteiger partial charge in [-0.1, -0.05) is 0 Å². The van der Waals surface area contributed by atoms with Gasteiger partial charge in [-0.25, -0.2) is 4.79 Å². The molecule has 1 heterocycles. The summed E-state index contributed by atoms with van der Waals surface area (Å²) in [7, 11) is 0. The van der Waals surface area contributed by atoms with E-state index in [1.54, 1.807) is 13.8 Å². The molecule has 5 nitrogen and oxygen atoms in total. The first-order valence-corrected chi connectivity index (χ1v) is 4.08. The summed E-state index contributed by atoms with van der Waals surface area (Å²) in [6.07, 6.45) is -1.67. The molecule has 1 saturated heterocycles. The molecule has 0 aliphatic carbocycles. The normalized spacial score (nSPS) is 34.5. The second-order valence-corrected chi connectivity index (χ2v) is 3.77. The molecule has 1 aliphatic heterocycles. The average Bonchev–Trinajstić information content (AvgIpc) is 2.26. The summed E-state index contributed by atoms with van der Waals surface area (Å²) in [5, 5.41) is 27.8. The third kappa shape index (κ3) is 1.43. The molecule has 2 atom stereocenters. The number of hydrogen-bond acceptors (Lipinski definition) is 4. The van der Waals surface area contributed by atoms with E-state index in [2.05, 4.69) is 0 Å². The SMILES string of the molecule is CC1(C)OCCC1(O)C(O)C(=O)O. The van der Waals surface area contributed by atoms with Crippen LogP contribution < -0.4 is 0 Å². The smallest absolute Gasteiger partial charge is 0.335 e. The minimum Gasteiger partial charge on any atom is -0.479 e. The molecule has 0 radical (unpaired) electrons. The quantitative estimate of drug-likeness (QED) is 0.539. The Kier molecular flexibility index (Phi) is 2.36. The van der Waals surface area contributed by atoms with Gasteiger partial charge in [-0.15, -0.1) is 0 Å². The van der Waals surface area contributed by atoms with Crippen LogP contribution in [-0.2, 0) is 9.53 Å². The molecule has 1 aliphatic rings. The van der Waals surface area contributed by atoms with Crippen LogP contribution in [0.3, 0.4) is 0 Å². The number of aliphatic carboxylic acids is 1. The number of carboxylic acids is 1. The van der Waals surface area contributed by atoms with Crippen molar-refractivity contribution in [2.24, 2.45) is 0 Å². The topological polar surface area (TPSA) is 87.0 Å². The fraction of sp³-hybridized carbons (Fsp3) is 0.875. The van der Waals surface area contributed by atoms with E-state index in [-0.39, 0.29) is 13.0 Å². The van der Waals surface area contributed by atoms with Gasteiger partial charge in [-0.3, -0.25) is 0 Å². The molecule has 0 aromatic carbocycles. The maximum atomic E-state index is 10.5. The Bertz CT molecular complexity index is 225. The van der Waals surface area contributed by atoms with Crippen molar-refractivity contribution in [2.75, 3.05) is 6.61 Å². The van der Waals surface area contributed by atoms with Crippen molar-refractivity contribution in [1.82, 2.24) is 0 Å². The van der Waals surface area contributed by atoms with Crippen LogP contribution in [0, 0.1) is 0 Å². The molecule has 0 bridgehead atoms. The molecule has 2 unspecified atom stereocenters. The van der Waals surface area contributed by atoms with Gasteiger partial charge in [0.15, 0.2) is 6.10 Å². The highest BCUT2D eigenvalue weighted by Crippen LogP contribution is 2.38. The minimum atomic E-state index is -1.80. The summed E-state index contributed by atoms with van der Waals surface area (Å²) >= 11 is 0. The summed E-state index contributed by atoms with van der Waals surface area (Å²) < 4.78 is 5.15. The van der Waals surface area contributed by atoms with Crippen molar-refractivity contribution in [3.05, 3.63) is 0 Å². The van der Waals surface area contributed by atoms with Crippen LogP contribution in [0.5, 0.6) is 0 Å². The summed E-state index contributed by atoms with van der Waals surface area (Å²) in [5.41, 5.74) is -2.72. The largest absolute Gasteiger partial charge is 0.479 e. The van der Waals surface area contributed by atoms with E-state index in [0.717, 1.165) is 0 Å². The van der Waals surface area contributed by atoms with E-state index in [1.807, 2.05) is 0 Å². The first-order valence-electron chi connectivity index (χ1n) is 4.08. The number of ether oxygens (including phenoxy) is 1. The number of carboxylic acid groups (broad SMARTS) is 1. The number of carbonyl (C=O) groups is 1.